The highest BCUT2D eigenvalue weighted by Crippen LogP contribution is 2.53. The first-order valence-electron chi connectivity index (χ1n) is 23.1. The third-order valence-electron chi connectivity index (χ3n) is 14.4. The number of hydrogen-bond donors (Lipinski definition) is 0. The zero-order chi connectivity index (χ0) is 44.1. The third kappa shape index (κ3) is 5.74. The van der Waals surface area contributed by atoms with E-state index in [0.717, 1.165) is 22.7 Å². The van der Waals surface area contributed by atoms with Crippen LogP contribution in [0.4, 0.5) is 17.1 Å². The summed E-state index contributed by atoms with van der Waals surface area (Å²) in [5.41, 5.74) is 18.4. The fourth-order valence-corrected chi connectivity index (χ4v) is 11.3. The van der Waals surface area contributed by atoms with E-state index in [1.54, 1.807) is 0 Å². The van der Waals surface area contributed by atoms with Crippen LogP contribution in [0.25, 0.3) is 93.2 Å². The number of hydrogen-bond acceptors (Lipinski definition) is 1. The molecule has 0 saturated carbocycles. The van der Waals surface area contributed by atoms with Gasteiger partial charge in [0.05, 0.1) is 11.0 Å². The van der Waals surface area contributed by atoms with Crippen molar-refractivity contribution >= 4 is 71.2 Å². The Morgan fingerprint density at radius 1 is 0.364 bits per heavy atom. The number of rotatable bonds is 6. The van der Waals surface area contributed by atoms with E-state index in [9.17, 15) is 0 Å². The fraction of sp³-hybridized carbons (Fsp3) is 0.0625. The molecule has 0 atom stereocenters. The molecule has 0 spiro atoms. The van der Waals surface area contributed by atoms with E-state index < -0.39 is 0 Å². The Labute approximate surface area is 385 Å². The lowest BCUT2D eigenvalue weighted by Crippen LogP contribution is -2.16. The van der Waals surface area contributed by atoms with E-state index >= 15 is 0 Å². The third-order valence-corrected chi connectivity index (χ3v) is 14.4. The molecule has 0 unspecified atom stereocenters. The van der Waals surface area contributed by atoms with Gasteiger partial charge in [-0.2, -0.15) is 0 Å². The van der Waals surface area contributed by atoms with Gasteiger partial charge in [-0.3, -0.25) is 0 Å². The number of benzene rings is 11. The van der Waals surface area contributed by atoms with Gasteiger partial charge in [-0.05, 0) is 150 Å². The molecular formula is C64H46N2. The standard InChI is InChI=1S/C64H46N2/c1-41-28-35-56-57(38-41)62(54-23-9-10-24-55(54)63(56)53-25-15-17-42-16-7-8-20-48(42)53)43-29-36-49-50-37-34-47(40-59(50)64(2,3)58(49)39-43)65(44-18-5-4-6-19-44)45-30-32-46(33-31-45)66-60-26-13-11-21-51(60)52-22-12-14-27-61(52)66/h4-40H,1-3H3. The van der Waals surface area contributed by atoms with Gasteiger partial charge in [0.1, 0.15) is 0 Å². The Hall–Kier alpha value is -8.20. The van der Waals surface area contributed by atoms with Crippen molar-refractivity contribution in [2.45, 2.75) is 26.2 Å². The van der Waals surface area contributed by atoms with Crippen molar-refractivity contribution in [2.75, 3.05) is 4.90 Å². The minimum Gasteiger partial charge on any atom is -0.310 e. The number of aryl methyl sites for hydroxylation is 1. The van der Waals surface area contributed by atoms with E-state index in [-0.39, 0.29) is 5.41 Å². The Morgan fingerprint density at radius 2 is 0.909 bits per heavy atom. The van der Waals surface area contributed by atoms with E-state index in [2.05, 4.69) is 255 Å². The summed E-state index contributed by atoms with van der Waals surface area (Å²) in [6.45, 7) is 7.03. The molecule has 0 radical (unpaired) electrons. The second kappa shape index (κ2) is 14.7. The van der Waals surface area contributed by atoms with Gasteiger partial charge in [0, 0.05) is 38.9 Å². The monoisotopic (exact) mass is 842 g/mol. The second-order valence-electron chi connectivity index (χ2n) is 18.5. The zero-order valence-corrected chi connectivity index (χ0v) is 37.3. The molecule has 2 heteroatoms. The molecule has 11 aromatic carbocycles. The highest BCUT2D eigenvalue weighted by molar-refractivity contribution is 6.23. The molecule has 0 fully saturated rings. The van der Waals surface area contributed by atoms with Crippen LogP contribution >= 0.6 is 0 Å². The summed E-state index contributed by atoms with van der Waals surface area (Å²) in [6.07, 6.45) is 0. The first kappa shape index (κ1) is 38.3. The molecule has 0 N–H and O–H groups in total. The molecule has 1 aliphatic rings. The fourth-order valence-electron chi connectivity index (χ4n) is 11.3. The number of para-hydroxylation sites is 3. The van der Waals surface area contributed by atoms with E-state index in [0.29, 0.717) is 0 Å². The molecule has 1 aliphatic carbocycles. The van der Waals surface area contributed by atoms with Crippen molar-refractivity contribution in [3.8, 4) is 39.1 Å². The van der Waals surface area contributed by atoms with Gasteiger partial charge in [0.15, 0.2) is 0 Å². The van der Waals surface area contributed by atoms with Crippen LogP contribution < -0.4 is 4.90 Å². The van der Waals surface area contributed by atoms with Crippen molar-refractivity contribution < 1.29 is 0 Å². The second-order valence-corrected chi connectivity index (χ2v) is 18.5. The topological polar surface area (TPSA) is 8.17 Å². The highest BCUT2D eigenvalue weighted by atomic mass is 15.1. The molecule has 0 saturated heterocycles. The van der Waals surface area contributed by atoms with Crippen LogP contribution in [0.3, 0.4) is 0 Å². The van der Waals surface area contributed by atoms with Crippen molar-refractivity contribution in [1.82, 2.24) is 4.57 Å². The Balaban J connectivity index is 0.932. The maximum absolute atomic E-state index is 2.50. The SMILES string of the molecule is Cc1ccc2c(-c3cccc4ccccc34)c3ccccc3c(-c3ccc4c(c3)C(C)(C)c3cc(N(c5ccccc5)c5ccc(-n6c7ccccc7c7ccccc76)cc5)ccc3-4)c2c1. The van der Waals surface area contributed by atoms with Crippen LogP contribution in [0.15, 0.2) is 224 Å². The van der Waals surface area contributed by atoms with Crippen molar-refractivity contribution in [3.63, 3.8) is 0 Å². The van der Waals surface area contributed by atoms with Gasteiger partial charge in [-0.1, -0.05) is 177 Å². The van der Waals surface area contributed by atoms with Gasteiger partial charge >= 0.3 is 0 Å². The first-order valence-corrected chi connectivity index (χ1v) is 23.1. The predicted molar refractivity (Wildman–Crippen MR) is 281 cm³/mol. The summed E-state index contributed by atoms with van der Waals surface area (Å²) in [4.78, 5) is 2.40. The normalized spacial score (nSPS) is 12.9. The summed E-state index contributed by atoms with van der Waals surface area (Å²) in [6, 6.07) is 83.2. The summed E-state index contributed by atoms with van der Waals surface area (Å²) < 4.78 is 2.39. The lowest BCUT2D eigenvalue weighted by Gasteiger charge is -2.28. The van der Waals surface area contributed by atoms with Crippen LogP contribution in [-0.2, 0) is 5.41 Å². The summed E-state index contributed by atoms with van der Waals surface area (Å²) in [7, 11) is 0. The smallest absolute Gasteiger partial charge is 0.0541 e. The van der Waals surface area contributed by atoms with Gasteiger partial charge in [0.25, 0.3) is 0 Å². The van der Waals surface area contributed by atoms with Crippen LogP contribution in [0.2, 0.25) is 0 Å². The minimum absolute atomic E-state index is 0.246. The number of aromatic nitrogens is 1. The maximum atomic E-state index is 2.50. The lowest BCUT2D eigenvalue weighted by atomic mass is 9.80. The molecule has 0 amide bonds. The Morgan fingerprint density at radius 3 is 1.64 bits per heavy atom. The Bertz CT molecular complexity index is 3850. The summed E-state index contributed by atoms with van der Waals surface area (Å²) in [5.74, 6) is 0. The van der Waals surface area contributed by atoms with Crippen LogP contribution in [-0.4, -0.2) is 4.57 Å². The average molecular weight is 843 g/mol. The number of anilines is 3. The summed E-state index contributed by atoms with van der Waals surface area (Å²) >= 11 is 0. The molecule has 1 heterocycles. The molecule has 312 valence electrons. The van der Waals surface area contributed by atoms with Crippen molar-refractivity contribution in [3.05, 3.63) is 241 Å². The van der Waals surface area contributed by atoms with Crippen LogP contribution in [0, 0.1) is 6.92 Å². The maximum Gasteiger partial charge on any atom is 0.0541 e. The number of nitrogens with zero attached hydrogens (tertiary/aromatic N) is 2. The molecule has 0 aliphatic heterocycles. The van der Waals surface area contributed by atoms with Crippen LogP contribution in [0.5, 0.6) is 0 Å². The minimum atomic E-state index is -0.246. The van der Waals surface area contributed by atoms with Gasteiger partial charge in [-0.25, -0.2) is 0 Å². The molecule has 13 rings (SSSR count). The molecule has 0 bridgehead atoms. The van der Waals surface area contributed by atoms with Crippen molar-refractivity contribution in [2.24, 2.45) is 0 Å². The highest BCUT2D eigenvalue weighted by Gasteiger charge is 2.37. The molecule has 2 nitrogen and oxygen atoms in total. The van der Waals surface area contributed by atoms with E-state index in [1.165, 1.54) is 104 Å². The number of fused-ring (bicyclic) bond motifs is 9. The van der Waals surface area contributed by atoms with Crippen molar-refractivity contribution in [1.29, 1.82) is 0 Å². The predicted octanol–water partition coefficient (Wildman–Crippen LogP) is 17.7. The zero-order valence-electron chi connectivity index (χ0n) is 37.3. The molecular weight excluding hydrogens is 797 g/mol. The quantitative estimate of drug-likeness (QED) is 0.151. The molecule has 1 aromatic heterocycles. The molecule has 66 heavy (non-hydrogen) atoms. The first-order chi connectivity index (χ1) is 32.4. The summed E-state index contributed by atoms with van der Waals surface area (Å²) in [5, 5.41) is 10.2. The van der Waals surface area contributed by atoms with Crippen LogP contribution in [0.1, 0.15) is 30.5 Å². The van der Waals surface area contributed by atoms with E-state index in [1.807, 2.05) is 0 Å². The van der Waals surface area contributed by atoms with Gasteiger partial charge in [-0.15, -0.1) is 0 Å². The lowest BCUT2D eigenvalue weighted by molar-refractivity contribution is 0.660. The van der Waals surface area contributed by atoms with Gasteiger partial charge < -0.3 is 9.47 Å². The Kier molecular flexibility index (Phi) is 8.51. The molecule has 12 aromatic rings. The van der Waals surface area contributed by atoms with E-state index in [4.69, 9.17) is 0 Å². The largest absolute Gasteiger partial charge is 0.310 e. The average Bonchev–Trinajstić information content (AvgIpc) is 3.81. The van der Waals surface area contributed by atoms with Gasteiger partial charge in [0.2, 0.25) is 0 Å².